The maximum Gasteiger partial charge on any atom is 0.270 e. The van der Waals surface area contributed by atoms with Gasteiger partial charge in [-0.25, -0.2) is 0 Å². The van der Waals surface area contributed by atoms with E-state index in [1.54, 1.807) is 35.2 Å². The molecule has 1 N–H and O–H groups in total. The number of carbonyl (C=O) groups is 1. The number of hydrogen-bond donors (Lipinski definition) is 1. The summed E-state index contributed by atoms with van der Waals surface area (Å²) in [6.45, 7) is 1.56. The topological polar surface area (TPSA) is 88.3 Å². The molecule has 1 amide bonds. The minimum atomic E-state index is -0.139. The fourth-order valence-corrected chi connectivity index (χ4v) is 2.73. The van der Waals surface area contributed by atoms with E-state index >= 15 is 0 Å². The third-order valence-electron chi connectivity index (χ3n) is 3.89. The molecule has 23 heavy (non-hydrogen) atoms. The minimum absolute atomic E-state index is 0.0860. The van der Waals surface area contributed by atoms with E-state index in [0.29, 0.717) is 11.3 Å². The van der Waals surface area contributed by atoms with Crippen molar-refractivity contribution in [1.29, 1.82) is 0 Å². The molecule has 3 aromatic rings. The highest BCUT2D eigenvalue weighted by atomic mass is 16.1. The summed E-state index contributed by atoms with van der Waals surface area (Å²) in [5.41, 5.74) is 1.16. The van der Waals surface area contributed by atoms with Gasteiger partial charge in [-0.2, -0.15) is 4.52 Å². The van der Waals surface area contributed by atoms with Gasteiger partial charge in [0.05, 0.1) is 0 Å². The Morgan fingerprint density at radius 1 is 1.26 bits per heavy atom. The first-order valence-corrected chi connectivity index (χ1v) is 7.43. The second-order valence-corrected chi connectivity index (χ2v) is 5.45. The van der Waals surface area contributed by atoms with Gasteiger partial charge in [-0.3, -0.25) is 9.78 Å². The van der Waals surface area contributed by atoms with Crippen molar-refractivity contribution in [3.63, 3.8) is 0 Å². The number of pyridine rings is 1. The maximum atomic E-state index is 12.2. The number of nitrogens with zero attached hydrogens (tertiary/aromatic N) is 6. The summed E-state index contributed by atoms with van der Waals surface area (Å²) < 4.78 is 1.65. The Hall–Kier alpha value is -3.03. The van der Waals surface area contributed by atoms with Crippen LogP contribution in [0.1, 0.15) is 16.9 Å². The number of nitrogens with one attached hydrogen (secondary N) is 1. The van der Waals surface area contributed by atoms with Crippen LogP contribution < -0.4 is 10.2 Å². The fourth-order valence-electron chi connectivity index (χ4n) is 2.73. The van der Waals surface area contributed by atoms with Crippen molar-refractivity contribution < 1.29 is 4.79 Å². The Balaban J connectivity index is 1.43. The molecule has 1 aliphatic rings. The second-order valence-electron chi connectivity index (χ2n) is 5.45. The molecule has 116 valence electrons. The summed E-state index contributed by atoms with van der Waals surface area (Å²) >= 11 is 0. The minimum Gasteiger partial charge on any atom is -0.353 e. The summed E-state index contributed by atoms with van der Waals surface area (Å²) in [4.78, 5) is 18.4. The molecule has 4 heterocycles. The van der Waals surface area contributed by atoms with Crippen LogP contribution in [0.4, 0.5) is 5.82 Å². The van der Waals surface area contributed by atoms with Crippen molar-refractivity contribution in [3.8, 4) is 0 Å². The van der Waals surface area contributed by atoms with Crippen molar-refractivity contribution in [2.24, 2.45) is 0 Å². The maximum absolute atomic E-state index is 12.2. The van der Waals surface area contributed by atoms with Gasteiger partial charge >= 0.3 is 0 Å². The van der Waals surface area contributed by atoms with Crippen LogP contribution in [-0.2, 0) is 0 Å². The molecule has 0 aromatic carbocycles. The van der Waals surface area contributed by atoms with Gasteiger partial charge in [-0.05, 0) is 30.7 Å². The predicted molar refractivity (Wildman–Crippen MR) is 83.1 cm³/mol. The van der Waals surface area contributed by atoms with Crippen LogP contribution in [0.5, 0.6) is 0 Å². The largest absolute Gasteiger partial charge is 0.353 e. The molecule has 0 radical (unpaired) electrons. The highest BCUT2D eigenvalue weighted by Gasteiger charge is 2.25. The number of fused-ring (bicyclic) bond motifs is 1. The van der Waals surface area contributed by atoms with E-state index < -0.39 is 0 Å². The molecule has 0 unspecified atom stereocenters. The molecule has 0 spiro atoms. The summed E-state index contributed by atoms with van der Waals surface area (Å²) in [6, 6.07) is 9.20. The molecule has 1 aliphatic heterocycles. The van der Waals surface area contributed by atoms with Crippen molar-refractivity contribution in [1.82, 2.24) is 30.1 Å². The molecule has 0 saturated carbocycles. The highest BCUT2D eigenvalue weighted by Crippen LogP contribution is 2.18. The summed E-state index contributed by atoms with van der Waals surface area (Å²) in [6.07, 6.45) is 4.07. The molecular formula is C15H15N7O. The summed E-state index contributed by atoms with van der Waals surface area (Å²) in [7, 11) is 0. The van der Waals surface area contributed by atoms with E-state index in [4.69, 9.17) is 0 Å². The van der Waals surface area contributed by atoms with E-state index in [1.165, 1.54) is 0 Å². The van der Waals surface area contributed by atoms with Gasteiger partial charge in [0.15, 0.2) is 5.65 Å². The number of rotatable bonds is 3. The van der Waals surface area contributed by atoms with E-state index in [2.05, 4.69) is 30.5 Å². The zero-order chi connectivity index (χ0) is 15.6. The van der Waals surface area contributed by atoms with E-state index in [9.17, 15) is 4.79 Å². The lowest BCUT2D eigenvalue weighted by atomic mass is 10.2. The average molecular weight is 309 g/mol. The molecule has 4 rings (SSSR count). The molecule has 1 saturated heterocycles. The third kappa shape index (κ3) is 2.70. The number of aromatic nitrogens is 5. The normalized spacial score (nSPS) is 17.6. The van der Waals surface area contributed by atoms with Crippen LogP contribution in [-0.4, -0.2) is 49.8 Å². The SMILES string of the molecule is O=C(N[C@H]1CCN(c2ccc3nncn3n2)C1)c1ccccn1. The number of carbonyl (C=O) groups excluding carboxylic acids is 1. The first kappa shape index (κ1) is 13.6. The van der Waals surface area contributed by atoms with Gasteiger partial charge in [-0.1, -0.05) is 6.07 Å². The van der Waals surface area contributed by atoms with Crippen LogP contribution in [0, 0.1) is 0 Å². The lowest BCUT2D eigenvalue weighted by Crippen LogP contribution is -2.37. The molecule has 1 atom stereocenters. The lowest BCUT2D eigenvalue weighted by Gasteiger charge is -2.17. The second kappa shape index (κ2) is 5.64. The van der Waals surface area contributed by atoms with Crippen LogP contribution >= 0.6 is 0 Å². The smallest absolute Gasteiger partial charge is 0.270 e. The molecule has 8 nitrogen and oxygen atoms in total. The number of hydrogen-bond acceptors (Lipinski definition) is 6. The standard InChI is InChI=1S/C15H15N7O/c23-15(12-3-1-2-7-16-12)18-11-6-8-21(9-11)14-5-4-13-19-17-10-22(13)20-14/h1-5,7,10-11H,6,8-9H2,(H,18,23)/t11-/m0/s1. The van der Waals surface area contributed by atoms with E-state index in [1.807, 2.05) is 12.1 Å². The zero-order valence-electron chi connectivity index (χ0n) is 12.3. The van der Waals surface area contributed by atoms with Crippen LogP contribution in [0.2, 0.25) is 0 Å². The summed E-state index contributed by atoms with van der Waals surface area (Å²) in [5.74, 6) is 0.714. The Morgan fingerprint density at radius 3 is 3.09 bits per heavy atom. The zero-order valence-corrected chi connectivity index (χ0v) is 12.3. The van der Waals surface area contributed by atoms with Gasteiger partial charge in [0.1, 0.15) is 17.8 Å². The average Bonchev–Trinajstić information content (AvgIpc) is 3.23. The quantitative estimate of drug-likeness (QED) is 0.759. The third-order valence-corrected chi connectivity index (χ3v) is 3.89. The Bertz CT molecular complexity index is 832. The highest BCUT2D eigenvalue weighted by molar-refractivity contribution is 5.92. The van der Waals surface area contributed by atoms with Crippen molar-refractivity contribution >= 4 is 17.4 Å². The first-order chi connectivity index (χ1) is 11.3. The molecular weight excluding hydrogens is 294 g/mol. The van der Waals surface area contributed by atoms with Crippen molar-refractivity contribution in [3.05, 3.63) is 48.5 Å². The van der Waals surface area contributed by atoms with Gasteiger partial charge in [0.2, 0.25) is 0 Å². The first-order valence-electron chi connectivity index (χ1n) is 7.43. The van der Waals surface area contributed by atoms with Gasteiger partial charge in [0.25, 0.3) is 5.91 Å². The van der Waals surface area contributed by atoms with Gasteiger partial charge < -0.3 is 10.2 Å². The fraction of sp³-hybridized carbons (Fsp3) is 0.267. The van der Waals surface area contributed by atoms with Crippen molar-refractivity contribution in [2.75, 3.05) is 18.0 Å². The molecule has 1 fully saturated rings. The lowest BCUT2D eigenvalue weighted by molar-refractivity contribution is 0.0935. The molecule has 0 bridgehead atoms. The summed E-state index contributed by atoms with van der Waals surface area (Å²) in [5, 5.41) is 15.3. The predicted octanol–water partition coefficient (Wildman–Crippen LogP) is 0.528. The molecule has 8 heteroatoms. The Kier molecular flexibility index (Phi) is 3.34. The van der Waals surface area contributed by atoms with E-state index in [-0.39, 0.29) is 11.9 Å². The Morgan fingerprint density at radius 2 is 2.22 bits per heavy atom. The van der Waals surface area contributed by atoms with Crippen LogP contribution in [0.3, 0.4) is 0 Å². The monoisotopic (exact) mass is 309 g/mol. The molecule has 3 aromatic heterocycles. The number of amides is 1. The van der Waals surface area contributed by atoms with Crippen LogP contribution in [0.25, 0.3) is 5.65 Å². The Labute approximate surface area is 132 Å². The van der Waals surface area contributed by atoms with E-state index in [0.717, 1.165) is 25.3 Å². The number of anilines is 1. The van der Waals surface area contributed by atoms with Crippen LogP contribution in [0.15, 0.2) is 42.9 Å². The van der Waals surface area contributed by atoms with Crippen molar-refractivity contribution in [2.45, 2.75) is 12.5 Å². The molecule has 0 aliphatic carbocycles. The van der Waals surface area contributed by atoms with Gasteiger partial charge in [0, 0.05) is 25.3 Å². The van der Waals surface area contributed by atoms with Gasteiger partial charge in [-0.15, -0.1) is 15.3 Å².